The van der Waals surface area contributed by atoms with Gasteiger partial charge in [-0.3, -0.25) is 14.4 Å². The Hall–Kier alpha value is -4.76. The molecule has 1 atom stereocenters. The molecule has 0 radical (unpaired) electrons. The van der Waals surface area contributed by atoms with Crippen LogP contribution >= 0.6 is 11.8 Å². The van der Waals surface area contributed by atoms with Gasteiger partial charge >= 0.3 is 0 Å². The van der Waals surface area contributed by atoms with E-state index in [0.29, 0.717) is 28.4 Å². The third-order valence-electron chi connectivity index (χ3n) is 5.50. The van der Waals surface area contributed by atoms with Crippen molar-refractivity contribution in [2.24, 2.45) is 0 Å². The first-order chi connectivity index (χ1) is 18.9. The van der Waals surface area contributed by atoms with Crippen molar-refractivity contribution in [2.45, 2.75) is 17.1 Å². The lowest BCUT2D eigenvalue weighted by Crippen LogP contribution is -2.30. The number of rotatable bonds is 10. The van der Waals surface area contributed by atoms with E-state index in [2.05, 4.69) is 16.0 Å². The molecule has 4 rings (SSSR count). The molecule has 3 aromatic carbocycles. The van der Waals surface area contributed by atoms with Gasteiger partial charge in [-0.2, -0.15) is 0 Å². The van der Waals surface area contributed by atoms with E-state index in [0.717, 1.165) is 4.90 Å². The van der Waals surface area contributed by atoms with Crippen LogP contribution in [0.5, 0.6) is 5.75 Å². The number of amides is 3. The smallest absolute Gasteiger partial charge is 0.272 e. The zero-order chi connectivity index (χ0) is 27.6. The molecule has 0 aliphatic carbocycles. The average Bonchev–Trinajstić information content (AvgIpc) is 3.47. The number of para-hydroxylation sites is 2. The second-order valence-electron chi connectivity index (χ2n) is 8.33. The Balaban J connectivity index is 1.44. The molecule has 9 heteroatoms. The average molecular weight is 542 g/mol. The van der Waals surface area contributed by atoms with Gasteiger partial charge in [0, 0.05) is 22.2 Å². The standard InChI is InChI=1S/C30H27N3O5S/c1-20(28(34)32-25-15-6-7-16-27(25)37-2)39-24-14-8-12-22(18-24)31-30(36)26(19-23-13-9-17-38-23)33-29(35)21-10-4-3-5-11-21/h3-20H,1-2H3,(H,31,36)(H,32,34)(H,33,35)/b26-19-. The Labute approximate surface area is 230 Å². The summed E-state index contributed by atoms with van der Waals surface area (Å²) in [7, 11) is 1.55. The number of hydrogen-bond acceptors (Lipinski definition) is 6. The molecule has 3 N–H and O–H groups in total. The number of anilines is 2. The number of benzene rings is 3. The van der Waals surface area contributed by atoms with Crippen molar-refractivity contribution in [3.05, 3.63) is 114 Å². The van der Waals surface area contributed by atoms with Gasteiger partial charge < -0.3 is 25.1 Å². The van der Waals surface area contributed by atoms with Gasteiger partial charge in [-0.15, -0.1) is 11.8 Å². The van der Waals surface area contributed by atoms with Crippen LogP contribution in [0.2, 0.25) is 0 Å². The molecule has 0 bridgehead atoms. The zero-order valence-electron chi connectivity index (χ0n) is 21.3. The van der Waals surface area contributed by atoms with Crippen LogP contribution in [0.1, 0.15) is 23.0 Å². The van der Waals surface area contributed by atoms with E-state index in [9.17, 15) is 14.4 Å². The number of methoxy groups -OCH3 is 1. The van der Waals surface area contributed by atoms with Crippen molar-refractivity contribution in [3.8, 4) is 5.75 Å². The summed E-state index contributed by atoms with van der Waals surface area (Å²) in [4.78, 5) is 39.5. The Bertz CT molecular complexity index is 1470. The minimum absolute atomic E-state index is 0.0152. The van der Waals surface area contributed by atoms with Crippen LogP contribution in [0, 0.1) is 0 Å². The Kier molecular flexibility index (Phi) is 9.20. The highest BCUT2D eigenvalue weighted by atomic mass is 32.2. The lowest BCUT2D eigenvalue weighted by molar-refractivity contribution is -0.115. The van der Waals surface area contributed by atoms with Gasteiger partial charge in [0.05, 0.1) is 24.3 Å². The third-order valence-corrected chi connectivity index (χ3v) is 6.59. The topological polar surface area (TPSA) is 110 Å². The molecule has 0 saturated heterocycles. The molecule has 3 amide bonds. The quantitative estimate of drug-likeness (QED) is 0.173. The molecule has 1 aromatic heterocycles. The molecule has 8 nitrogen and oxygen atoms in total. The maximum atomic E-state index is 13.2. The largest absolute Gasteiger partial charge is 0.495 e. The maximum Gasteiger partial charge on any atom is 0.272 e. The second-order valence-corrected chi connectivity index (χ2v) is 9.74. The minimum atomic E-state index is -0.528. The van der Waals surface area contributed by atoms with Crippen molar-refractivity contribution < 1.29 is 23.5 Å². The van der Waals surface area contributed by atoms with E-state index in [1.807, 2.05) is 18.2 Å². The van der Waals surface area contributed by atoms with E-state index in [1.54, 1.807) is 86.8 Å². The number of nitrogens with one attached hydrogen (secondary N) is 3. The molecule has 0 fully saturated rings. The molecular formula is C30H27N3O5S. The van der Waals surface area contributed by atoms with Gasteiger partial charge in [0.15, 0.2) is 0 Å². The first-order valence-electron chi connectivity index (χ1n) is 12.1. The SMILES string of the molecule is COc1ccccc1NC(=O)C(C)Sc1cccc(NC(=O)/C(=C/c2ccco2)NC(=O)c2ccccc2)c1. The van der Waals surface area contributed by atoms with Gasteiger partial charge in [0.25, 0.3) is 11.8 Å². The van der Waals surface area contributed by atoms with Crippen LogP contribution < -0.4 is 20.7 Å². The Morgan fingerprint density at radius 2 is 1.67 bits per heavy atom. The predicted octanol–water partition coefficient (Wildman–Crippen LogP) is 5.82. The molecule has 0 aliphatic heterocycles. The first-order valence-corrected chi connectivity index (χ1v) is 12.9. The molecule has 1 heterocycles. The second kappa shape index (κ2) is 13.2. The Morgan fingerprint density at radius 3 is 2.41 bits per heavy atom. The van der Waals surface area contributed by atoms with Crippen LogP contribution in [0.3, 0.4) is 0 Å². The van der Waals surface area contributed by atoms with E-state index in [1.165, 1.54) is 24.1 Å². The molecule has 4 aromatic rings. The molecule has 0 aliphatic rings. The van der Waals surface area contributed by atoms with Crippen LogP contribution in [0.25, 0.3) is 6.08 Å². The summed E-state index contributed by atoms with van der Waals surface area (Å²) >= 11 is 1.34. The number of hydrogen-bond donors (Lipinski definition) is 3. The summed E-state index contributed by atoms with van der Waals surface area (Å²) < 4.78 is 10.6. The normalized spacial score (nSPS) is 11.8. The summed E-state index contributed by atoms with van der Waals surface area (Å²) in [6.07, 6.45) is 2.94. The van der Waals surface area contributed by atoms with Crippen molar-refractivity contribution in [3.63, 3.8) is 0 Å². The first kappa shape index (κ1) is 27.3. The number of thioether (sulfide) groups is 1. The fraction of sp³-hybridized carbons (Fsp3) is 0.100. The monoisotopic (exact) mass is 541 g/mol. The molecular weight excluding hydrogens is 514 g/mol. The van der Waals surface area contributed by atoms with Crippen molar-refractivity contribution >= 4 is 46.9 Å². The van der Waals surface area contributed by atoms with Crippen molar-refractivity contribution in [1.29, 1.82) is 0 Å². The van der Waals surface area contributed by atoms with E-state index in [4.69, 9.17) is 9.15 Å². The van der Waals surface area contributed by atoms with Gasteiger partial charge in [-0.05, 0) is 61.5 Å². The summed E-state index contributed by atoms with van der Waals surface area (Å²) in [5.74, 6) is -0.160. The number of ether oxygens (including phenoxy) is 1. The molecule has 0 saturated carbocycles. The Morgan fingerprint density at radius 1 is 0.897 bits per heavy atom. The number of carbonyl (C=O) groups is 3. The molecule has 0 spiro atoms. The van der Waals surface area contributed by atoms with Crippen LogP contribution in [0.4, 0.5) is 11.4 Å². The van der Waals surface area contributed by atoms with Gasteiger partial charge in [0.2, 0.25) is 5.91 Å². The molecule has 39 heavy (non-hydrogen) atoms. The maximum absolute atomic E-state index is 13.2. The molecule has 198 valence electrons. The number of furan rings is 1. The highest BCUT2D eigenvalue weighted by molar-refractivity contribution is 8.00. The third kappa shape index (κ3) is 7.62. The van der Waals surface area contributed by atoms with E-state index >= 15 is 0 Å². The van der Waals surface area contributed by atoms with Gasteiger partial charge in [-0.1, -0.05) is 36.4 Å². The van der Waals surface area contributed by atoms with E-state index < -0.39 is 17.1 Å². The lowest BCUT2D eigenvalue weighted by Gasteiger charge is -2.15. The van der Waals surface area contributed by atoms with Crippen LogP contribution in [-0.2, 0) is 9.59 Å². The predicted molar refractivity (Wildman–Crippen MR) is 153 cm³/mol. The fourth-order valence-electron chi connectivity index (χ4n) is 3.54. The summed E-state index contributed by atoms with van der Waals surface area (Å²) in [6, 6.07) is 26.3. The molecule has 1 unspecified atom stereocenters. The lowest BCUT2D eigenvalue weighted by atomic mass is 10.2. The van der Waals surface area contributed by atoms with Gasteiger partial charge in [-0.25, -0.2) is 0 Å². The highest BCUT2D eigenvalue weighted by Crippen LogP contribution is 2.29. The highest BCUT2D eigenvalue weighted by Gasteiger charge is 2.18. The zero-order valence-corrected chi connectivity index (χ0v) is 22.2. The summed E-state index contributed by atoms with van der Waals surface area (Å²) in [5.41, 5.74) is 1.52. The summed E-state index contributed by atoms with van der Waals surface area (Å²) in [5, 5.41) is 7.94. The van der Waals surface area contributed by atoms with Crippen molar-refractivity contribution in [2.75, 3.05) is 17.7 Å². The fourth-order valence-corrected chi connectivity index (χ4v) is 4.47. The van der Waals surface area contributed by atoms with Crippen molar-refractivity contribution in [1.82, 2.24) is 5.32 Å². The number of carbonyl (C=O) groups excluding carboxylic acids is 3. The van der Waals surface area contributed by atoms with Gasteiger partial charge in [0.1, 0.15) is 17.2 Å². The van der Waals surface area contributed by atoms with E-state index in [-0.39, 0.29) is 11.6 Å². The summed E-state index contributed by atoms with van der Waals surface area (Å²) in [6.45, 7) is 1.80. The minimum Gasteiger partial charge on any atom is -0.495 e. The van der Waals surface area contributed by atoms with Crippen LogP contribution in [-0.4, -0.2) is 30.1 Å². The van der Waals surface area contributed by atoms with Crippen LogP contribution in [0.15, 0.2) is 112 Å².